The maximum Gasteiger partial charge on any atom is 0.223 e. The Morgan fingerprint density at radius 2 is 2.33 bits per heavy atom. The SMILES string of the molecule is Nc1nc(Cl)c2ncn(CC(=O)[O-])c2n1. The van der Waals surface area contributed by atoms with E-state index in [-0.39, 0.29) is 23.3 Å². The molecular formula is C7H5ClN5O2-. The van der Waals surface area contributed by atoms with Crippen LogP contribution in [0.15, 0.2) is 6.33 Å². The van der Waals surface area contributed by atoms with Crippen LogP contribution in [0, 0.1) is 0 Å². The Bertz CT molecular complexity index is 537. The van der Waals surface area contributed by atoms with Gasteiger partial charge in [-0.25, -0.2) is 4.98 Å². The summed E-state index contributed by atoms with van der Waals surface area (Å²) in [4.78, 5) is 21.8. The minimum absolute atomic E-state index is 0.0346. The number of nitrogen functional groups attached to an aromatic ring is 1. The molecule has 0 saturated heterocycles. The Hall–Kier alpha value is -1.89. The quantitative estimate of drug-likeness (QED) is 0.645. The molecule has 8 heteroatoms. The summed E-state index contributed by atoms with van der Waals surface area (Å²) >= 11 is 5.74. The lowest BCUT2D eigenvalue weighted by Gasteiger charge is -2.04. The molecule has 0 unspecified atom stereocenters. The smallest absolute Gasteiger partial charge is 0.223 e. The molecule has 2 rings (SSSR count). The molecule has 2 aromatic rings. The second-order valence-corrected chi connectivity index (χ2v) is 3.15. The molecule has 2 heterocycles. The van der Waals surface area contributed by atoms with E-state index in [1.807, 2.05) is 0 Å². The zero-order valence-electron chi connectivity index (χ0n) is 7.35. The third-order valence-electron chi connectivity index (χ3n) is 1.74. The first-order valence-electron chi connectivity index (χ1n) is 3.91. The van der Waals surface area contributed by atoms with Gasteiger partial charge in [0.05, 0.1) is 18.8 Å². The van der Waals surface area contributed by atoms with Gasteiger partial charge in [0.25, 0.3) is 0 Å². The lowest BCUT2D eigenvalue weighted by Crippen LogP contribution is -2.27. The molecule has 0 aliphatic rings. The number of carboxylic acid groups (broad SMARTS) is 1. The van der Waals surface area contributed by atoms with Crippen molar-refractivity contribution < 1.29 is 9.90 Å². The number of anilines is 1. The van der Waals surface area contributed by atoms with Gasteiger partial charge in [0.15, 0.2) is 10.8 Å². The number of imidazole rings is 1. The molecule has 2 N–H and O–H groups in total. The number of halogens is 1. The van der Waals surface area contributed by atoms with Crippen molar-refractivity contribution in [3.63, 3.8) is 0 Å². The Balaban J connectivity index is 2.63. The lowest BCUT2D eigenvalue weighted by atomic mass is 10.5. The summed E-state index contributed by atoms with van der Waals surface area (Å²) in [5, 5.41) is 10.5. The maximum atomic E-state index is 10.4. The van der Waals surface area contributed by atoms with Gasteiger partial charge in [-0.1, -0.05) is 11.6 Å². The first kappa shape index (κ1) is 9.66. The van der Waals surface area contributed by atoms with E-state index >= 15 is 0 Å². The topological polar surface area (TPSA) is 110 Å². The first-order chi connectivity index (χ1) is 7.08. The summed E-state index contributed by atoms with van der Waals surface area (Å²) in [5.74, 6) is -1.28. The molecule has 0 saturated carbocycles. The van der Waals surface area contributed by atoms with E-state index in [0.29, 0.717) is 5.52 Å². The average Bonchev–Trinajstić information content (AvgIpc) is 2.48. The zero-order chi connectivity index (χ0) is 11.0. The second kappa shape index (κ2) is 3.35. The monoisotopic (exact) mass is 226 g/mol. The number of carboxylic acids is 1. The molecule has 0 aromatic carbocycles. The Morgan fingerprint density at radius 1 is 1.60 bits per heavy atom. The normalized spacial score (nSPS) is 10.7. The Labute approximate surface area is 88.5 Å². The summed E-state index contributed by atoms with van der Waals surface area (Å²) in [6.45, 7) is -0.358. The van der Waals surface area contributed by atoms with E-state index in [1.165, 1.54) is 10.9 Å². The predicted octanol–water partition coefficient (Wildman–Crippen LogP) is -1.19. The number of carbonyl (C=O) groups excluding carboxylic acids is 1. The number of aliphatic carboxylic acids is 1. The van der Waals surface area contributed by atoms with E-state index in [0.717, 1.165) is 0 Å². The summed E-state index contributed by atoms with van der Waals surface area (Å²) in [5.41, 5.74) is 5.96. The number of hydrogen-bond donors (Lipinski definition) is 1. The van der Waals surface area contributed by atoms with Gasteiger partial charge >= 0.3 is 0 Å². The molecule has 0 aliphatic heterocycles. The number of aromatic nitrogens is 4. The molecule has 0 aliphatic carbocycles. The third kappa shape index (κ3) is 1.68. The number of nitrogens with two attached hydrogens (primary N) is 1. The van der Waals surface area contributed by atoms with Crippen molar-refractivity contribution in [2.45, 2.75) is 6.54 Å². The van der Waals surface area contributed by atoms with Crippen molar-refractivity contribution in [3.05, 3.63) is 11.5 Å². The van der Waals surface area contributed by atoms with Gasteiger partial charge in [0.2, 0.25) is 5.95 Å². The van der Waals surface area contributed by atoms with Crippen LogP contribution < -0.4 is 10.8 Å². The van der Waals surface area contributed by atoms with Crippen molar-refractivity contribution in [2.75, 3.05) is 5.73 Å². The van der Waals surface area contributed by atoms with E-state index in [1.54, 1.807) is 0 Å². The molecule has 0 fully saturated rings. The summed E-state index contributed by atoms with van der Waals surface area (Å²) < 4.78 is 1.27. The largest absolute Gasteiger partial charge is 0.548 e. The van der Waals surface area contributed by atoms with E-state index in [9.17, 15) is 9.90 Å². The minimum Gasteiger partial charge on any atom is -0.548 e. The van der Waals surface area contributed by atoms with Crippen molar-refractivity contribution in [1.29, 1.82) is 0 Å². The van der Waals surface area contributed by atoms with Crippen molar-refractivity contribution in [3.8, 4) is 0 Å². The second-order valence-electron chi connectivity index (χ2n) is 2.79. The van der Waals surface area contributed by atoms with Crippen molar-refractivity contribution >= 4 is 34.7 Å². The highest BCUT2D eigenvalue weighted by molar-refractivity contribution is 6.33. The van der Waals surface area contributed by atoms with Crippen LogP contribution in [0.1, 0.15) is 0 Å². The standard InChI is InChI=1S/C7H6ClN5O2/c8-5-4-6(12-7(9)11-5)13(2-10-4)1-3(14)15/h2H,1H2,(H,14,15)(H2,9,11,12)/p-1. The fourth-order valence-corrected chi connectivity index (χ4v) is 1.40. The van der Waals surface area contributed by atoms with Crippen LogP contribution in [0.5, 0.6) is 0 Å². The van der Waals surface area contributed by atoms with Gasteiger partial charge in [0, 0.05) is 0 Å². The predicted molar refractivity (Wildman–Crippen MR) is 49.8 cm³/mol. The van der Waals surface area contributed by atoms with Crippen molar-refractivity contribution in [2.24, 2.45) is 0 Å². The van der Waals surface area contributed by atoms with E-state index < -0.39 is 5.97 Å². The van der Waals surface area contributed by atoms with Crippen LogP contribution >= 0.6 is 11.6 Å². The van der Waals surface area contributed by atoms with Gasteiger partial charge in [-0.15, -0.1) is 0 Å². The van der Waals surface area contributed by atoms with Crippen molar-refractivity contribution in [1.82, 2.24) is 19.5 Å². The van der Waals surface area contributed by atoms with E-state index in [4.69, 9.17) is 17.3 Å². The van der Waals surface area contributed by atoms with Gasteiger partial charge in [-0.3, -0.25) is 0 Å². The Morgan fingerprint density at radius 3 is 3.00 bits per heavy atom. The number of rotatable bonds is 2. The highest BCUT2D eigenvalue weighted by Crippen LogP contribution is 2.19. The Kier molecular flexibility index (Phi) is 2.16. The first-order valence-corrected chi connectivity index (χ1v) is 4.29. The number of hydrogen-bond acceptors (Lipinski definition) is 6. The van der Waals surface area contributed by atoms with Crippen LogP contribution in [-0.4, -0.2) is 25.5 Å². The zero-order valence-corrected chi connectivity index (χ0v) is 8.10. The van der Waals surface area contributed by atoms with Crippen LogP contribution in [-0.2, 0) is 11.3 Å². The molecule has 0 spiro atoms. The highest BCUT2D eigenvalue weighted by Gasteiger charge is 2.10. The highest BCUT2D eigenvalue weighted by atomic mass is 35.5. The van der Waals surface area contributed by atoms with Gasteiger partial charge in [-0.05, 0) is 0 Å². The number of carbonyl (C=O) groups is 1. The molecule has 15 heavy (non-hydrogen) atoms. The maximum absolute atomic E-state index is 10.4. The molecular weight excluding hydrogens is 222 g/mol. The van der Waals surface area contributed by atoms with Gasteiger partial charge in [-0.2, -0.15) is 9.97 Å². The van der Waals surface area contributed by atoms with Gasteiger partial charge in [0.1, 0.15) is 5.52 Å². The minimum atomic E-state index is -1.25. The number of fused-ring (bicyclic) bond motifs is 1. The van der Waals surface area contributed by atoms with Crippen LogP contribution in [0.3, 0.4) is 0 Å². The lowest BCUT2D eigenvalue weighted by molar-refractivity contribution is -0.306. The van der Waals surface area contributed by atoms with Crippen LogP contribution in [0.4, 0.5) is 5.95 Å². The fraction of sp³-hybridized carbons (Fsp3) is 0.143. The fourth-order valence-electron chi connectivity index (χ4n) is 1.18. The molecule has 7 nitrogen and oxygen atoms in total. The number of nitrogens with zero attached hydrogens (tertiary/aromatic N) is 4. The molecule has 78 valence electrons. The van der Waals surface area contributed by atoms with Crippen LogP contribution in [0.25, 0.3) is 11.2 Å². The molecule has 0 bridgehead atoms. The summed E-state index contributed by atoms with van der Waals surface area (Å²) in [6.07, 6.45) is 1.29. The van der Waals surface area contributed by atoms with E-state index in [2.05, 4.69) is 15.0 Å². The molecule has 0 atom stereocenters. The average molecular weight is 227 g/mol. The summed E-state index contributed by atoms with van der Waals surface area (Å²) in [6, 6.07) is 0. The third-order valence-corrected chi connectivity index (χ3v) is 2.00. The molecule has 0 radical (unpaired) electrons. The molecule has 2 aromatic heterocycles. The van der Waals surface area contributed by atoms with Crippen LogP contribution in [0.2, 0.25) is 5.15 Å². The van der Waals surface area contributed by atoms with Gasteiger partial charge < -0.3 is 20.2 Å². The molecule has 0 amide bonds. The summed E-state index contributed by atoms with van der Waals surface area (Å²) in [7, 11) is 0.